The number of aromatic nitrogens is 1. The summed E-state index contributed by atoms with van der Waals surface area (Å²) in [4.78, 5) is 2.42. The molecular weight excluding hydrogens is 252 g/mol. The fourth-order valence-corrected chi connectivity index (χ4v) is 2.75. The maximum absolute atomic E-state index is 5.77. The molecule has 3 rings (SSSR count). The van der Waals surface area contributed by atoms with E-state index in [1.807, 2.05) is 43.3 Å². The third-order valence-electron chi connectivity index (χ3n) is 3.73. The van der Waals surface area contributed by atoms with E-state index in [0.29, 0.717) is 12.6 Å². The second-order valence-electron chi connectivity index (χ2n) is 5.23. The average Bonchev–Trinajstić information content (AvgIpc) is 3.09. The average molecular weight is 272 g/mol. The van der Waals surface area contributed by atoms with E-state index >= 15 is 0 Å². The molecule has 1 aromatic carbocycles. The molecule has 4 heteroatoms. The number of para-hydroxylation sites is 1. The number of aryl methyl sites for hydroxylation is 1. The van der Waals surface area contributed by atoms with Gasteiger partial charge in [0.2, 0.25) is 0 Å². The number of nitrogens with zero attached hydrogens (tertiary/aromatic N) is 2. The SMILES string of the molecule is Cc1cc([C@H]2CCCN2CCOc2ccccc2)on1. The summed E-state index contributed by atoms with van der Waals surface area (Å²) in [5.41, 5.74) is 0.951. The van der Waals surface area contributed by atoms with Crippen LogP contribution in [0, 0.1) is 6.92 Å². The zero-order valence-electron chi connectivity index (χ0n) is 11.8. The monoisotopic (exact) mass is 272 g/mol. The van der Waals surface area contributed by atoms with Crippen LogP contribution in [-0.4, -0.2) is 29.8 Å². The third kappa shape index (κ3) is 3.02. The van der Waals surface area contributed by atoms with E-state index in [0.717, 1.165) is 36.7 Å². The first-order valence-corrected chi connectivity index (χ1v) is 7.18. The van der Waals surface area contributed by atoms with Crippen LogP contribution in [-0.2, 0) is 0 Å². The first kappa shape index (κ1) is 13.2. The van der Waals surface area contributed by atoms with Crippen LogP contribution < -0.4 is 4.74 Å². The molecule has 0 saturated carbocycles. The number of benzene rings is 1. The zero-order chi connectivity index (χ0) is 13.8. The van der Waals surface area contributed by atoms with Crippen molar-refractivity contribution in [2.45, 2.75) is 25.8 Å². The molecule has 1 aliphatic heterocycles. The standard InChI is InChI=1S/C16H20N2O2/c1-13-12-16(20-17-13)15-8-5-9-18(15)10-11-19-14-6-3-2-4-7-14/h2-4,6-7,12,15H,5,8-11H2,1H3/t15-/m1/s1. The van der Waals surface area contributed by atoms with Gasteiger partial charge in [-0.2, -0.15) is 0 Å². The van der Waals surface area contributed by atoms with Gasteiger partial charge in [-0.25, -0.2) is 0 Å². The van der Waals surface area contributed by atoms with E-state index in [4.69, 9.17) is 9.26 Å². The Morgan fingerprint density at radius 2 is 2.20 bits per heavy atom. The van der Waals surface area contributed by atoms with Crippen LogP contribution in [0.1, 0.15) is 30.3 Å². The molecule has 2 aromatic rings. The van der Waals surface area contributed by atoms with Crippen molar-refractivity contribution < 1.29 is 9.26 Å². The van der Waals surface area contributed by atoms with Crippen LogP contribution in [0.4, 0.5) is 0 Å². The van der Waals surface area contributed by atoms with Crippen LogP contribution in [0.5, 0.6) is 5.75 Å². The molecule has 0 aliphatic carbocycles. The van der Waals surface area contributed by atoms with E-state index in [9.17, 15) is 0 Å². The molecule has 106 valence electrons. The van der Waals surface area contributed by atoms with Gasteiger partial charge >= 0.3 is 0 Å². The lowest BCUT2D eigenvalue weighted by Crippen LogP contribution is -2.28. The van der Waals surface area contributed by atoms with Crippen molar-refractivity contribution in [2.24, 2.45) is 0 Å². The second-order valence-corrected chi connectivity index (χ2v) is 5.23. The number of ether oxygens (including phenoxy) is 1. The Labute approximate surface area is 119 Å². The Kier molecular flexibility index (Phi) is 4.02. The quantitative estimate of drug-likeness (QED) is 0.838. The summed E-state index contributed by atoms with van der Waals surface area (Å²) in [6, 6.07) is 12.4. The Bertz CT molecular complexity index is 538. The first-order chi connectivity index (χ1) is 9.83. The molecule has 0 unspecified atom stereocenters. The number of rotatable bonds is 5. The van der Waals surface area contributed by atoms with E-state index in [1.54, 1.807) is 0 Å². The first-order valence-electron chi connectivity index (χ1n) is 7.18. The van der Waals surface area contributed by atoms with Crippen molar-refractivity contribution in [1.29, 1.82) is 0 Å². The molecule has 1 fully saturated rings. The smallest absolute Gasteiger partial charge is 0.154 e. The molecule has 1 aromatic heterocycles. The lowest BCUT2D eigenvalue weighted by molar-refractivity contribution is 0.175. The van der Waals surface area contributed by atoms with Gasteiger partial charge in [-0.05, 0) is 38.4 Å². The van der Waals surface area contributed by atoms with Gasteiger partial charge in [-0.1, -0.05) is 23.4 Å². The number of hydrogen-bond acceptors (Lipinski definition) is 4. The summed E-state index contributed by atoms with van der Waals surface area (Å²) in [5, 5.41) is 3.99. The van der Waals surface area contributed by atoms with Gasteiger partial charge in [0.25, 0.3) is 0 Å². The van der Waals surface area contributed by atoms with Crippen LogP contribution in [0.2, 0.25) is 0 Å². The molecule has 2 heterocycles. The minimum atomic E-state index is 0.357. The largest absolute Gasteiger partial charge is 0.492 e. The molecule has 0 spiro atoms. The van der Waals surface area contributed by atoms with Crippen LogP contribution in [0.15, 0.2) is 40.9 Å². The van der Waals surface area contributed by atoms with Crippen LogP contribution in [0.3, 0.4) is 0 Å². The van der Waals surface area contributed by atoms with E-state index in [-0.39, 0.29) is 0 Å². The molecule has 1 aliphatic rings. The van der Waals surface area contributed by atoms with E-state index in [2.05, 4.69) is 10.1 Å². The summed E-state index contributed by atoms with van der Waals surface area (Å²) in [5.74, 6) is 1.92. The third-order valence-corrected chi connectivity index (χ3v) is 3.73. The molecule has 4 nitrogen and oxygen atoms in total. The lowest BCUT2D eigenvalue weighted by Gasteiger charge is -2.22. The summed E-state index contributed by atoms with van der Waals surface area (Å²) in [6.45, 7) is 4.68. The van der Waals surface area contributed by atoms with Crippen LogP contribution >= 0.6 is 0 Å². The number of likely N-dealkylation sites (tertiary alicyclic amines) is 1. The minimum Gasteiger partial charge on any atom is -0.492 e. The predicted octanol–water partition coefficient (Wildman–Crippen LogP) is 3.20. The van der Waals surface area contributed by atoms with Crippen molar-refractivity contribution in [1.82, 2.24) is 10.1 Å². The van der Waals surface area contributed by atoms with E-state index in [1.165, 1.54) is 6.42 Å². The fraction of sp³-hybridized carbons (Fsp3) is 0.438. The molecule has 0 radical (unpaired) electrons. The van der Waals surface area contributed by atoms with Crippen molar-refractivity contribution in [3.05, 3.63) is 47.9 Å². The summed E-state index contributed by atoms with van der Waals surface area (Å²) < 4.78 is 11.2. The van der Waals surface area contributed by atoms with Gasteiger partial charge in [-0.3, -0.25) is 4.90 Å². The van der Waals surface area contributed by atoms with Gasteiger partial charge in [0.1, 0.15) is 12.4 Å². The van der Waals surface area contributed by atoms with Crippen LogP contribution in [0.25, 0.3) is 0 Å². The molecule has 1 saturated heterocycles. The van der Waals surface area contributed by atoms with Gasteiger partial charge in [0.15, 0.2) is 5.76 Å². The van der Waals surface area contributed by atoms with Gasteiger partial charge in [0.05, 0.1) is 11.7 Å². The fourth-order valence-electron chi connectivity index (χ4n) is 2.75. The summed E-state index contributed by atoms with van der Waals surface area (Å²) in [6.07, 6.45) is 2.34. The van der Waals surface area contributed by atoms with Gasteiger partial charge < -0.3 is 9.26 Å². The highest BCUT2D eigenvalue weighted by Crippen LogP contribution is 2.31. The second kappa shape index (κ2) is 6.09. The Balaban J connectivity index is 1.54. The number of hydrogen-bond donors (Lipinski definition) is 0. The Morgan fingerprint density at radius 1 is 1.35 bits per heavy atom. The maximum atomic E-state index is 5.77. The molecule has 0 amide bonds. The van der Waals surface area contributed by atoms with Crippen molar-refractivity contribution in [3.8, 4) is 5.75 Å². The normalized spacial score (nSPS) is 19.4. The molecule has 20 heavy (non-hydrogen) atoms. The van der Waals surface area contributed by atoms with Gasteiger partial charge in [0, 0.05) is 12.6 Å². The Morgan fingerprint density at radius 3 is 2.95 bits per heavy atom. The van der Waals surface area contributed by atoms with Crippen molar-refractivity contribution in [3.63, 3.8) is 0 Å². The van der Waals surface area contributed by atoms with Crippen molar-refractivity contribution in [2.75, 3.05) is 19.7 Å². The highest BCUT2D eigenvalue weighted by atomic mass is 16.5. The summed E-state index contributed by atoms with van der Waals surface area (Å²) in [7, 11) is 0. The summed E-state index contributed by atoms with van der Waals surface area (Å²) >= 11 is 0. The topological polar surface area (TPSA) is 38.5 Å². The molecule has 0 N–H and O–H groups in total. The lowest BCUT2D eigenvalue weighted by atomic mass is 10.1. The highest BCUT2D eigenvalue weighted by molar-refractivity contribution is 5.20. The van der Waals surface area contributed by atoms with E-state index < -0.39 is 0 Å². The molecular formula is C16H20N2O2. The minimum absolute atomic E-state index is 0.357. The van der Waals surface area contributed by atoms with Crippen molar-refractivity contribution >= 4 is 0 Å². The maximum Gasteiger partial charge on any atom is 0.154 e. The zero-order valence-corrected chi connectivity index (χ0v) is 11.8. The highest BCUT2D eigenvalue weighted by Gasteiger charge is 2.28. The molecule has 0 bridgehead atoms. The van der Waals surface area contributed by atoms with Gasteiger partial charge in [-0.15, -0.1) is 0 Å². The Hall–Kier alpha value is -1.81. The predicted molar refractivity (Wildman–Crippen MR) is 76.7 cm³/mol. The molecule has 1 atom stereocenters.